The van der Waals surface area contributed by atoms with Crippen LogP contribution >= 0.6 is 0 Å². The molecule has 1 spiro atoms. The van der Waals surface area contributed by atoms with Gasteiger partial charge in [-0.1, -0.05) is 0 Å². The molecule has 0 aliphatic carbocycles. The molecule has 1 N–H and O–H groups in total. The second-order valence-corrected chi connectivity index (χ2v) is 5.83. The van der Waals surface area contributed by atoms with Gasteiger partial charge in [0.15, 0.2) is 0 Å². The molecule has 6 heteroatoms. The van der Waals surface area contributed by atoms with Crippen LogP contribution in [0.25, 0.3) is 0 Å². The summed E-state index contributed by atoms with van der Waals surface area (Å²) in [7, 11) is 1.56. The van der Waals surface area contributed by atoms with E-state index in [1.807, 2.05) is 0 Å². The van der Waals surface area contributed by atoms with Crippen molar-refractivity contribution >= 4 is 0 Å². The average molecular weight is 294 g/mol. The largest absolute Gasteiger partial charge is 0.481 e. The smallest absolute Gasteiger partial charge is 0.216 e. The number of aromatic nitrogens is 2. The molecule has 21 heavy (non-hydrogen) atoms. The van der Waals surface area contributed by atoms with Crippen LogP contribution in [-0.2, 0) is 9.47 Å². The van der Waals surface area contributed by atoms with Crippen molar-refractivity contribution in [2.24, 2.45) is 5.92 Å². The molecule has 2 fully saturated rings. The average Bonchev–Trinajstić information content (AvgIpc) is 2.55. The monoisotopic (exact) mass is 294 g/mol. The normalized spacial score (nSPS) is 26.5. The lowest BCUT2D eigenvalue weighted by Gasteiger charge is -2.44. The van der Waals surface area contributed by atoms with Crippen LogP contribution in [0.15, 0.2) is 12.4 Å². The number of hydrogen-bond donors (Lipinski definition) is 1. The van der Waals surface area contributed by atoms with Crippen LogP contribution in [-0.4, -0.2) is 47.6 Å². The van der Waals surface area contributed by atoms with E-state index in [0.717, 1.165) is 38.9 Å². The fourth-order valence-electron chi connectivity index (χ4n) is 3.30. The van der Waals surface area contributed by atoms with Crippen LogP contribution in [0.2, 0.25) is 0 Å². The topological polar surface area (TPSA) is 73.7 Å². The standard InChI is InChI=1S/C15H22N2O4/c1-19-13-8-12(16-10-17-13)14(18)11-2-5-21-15(9-11)3-6-20-7-4-15/h8,10-11,14,18H,2-7,9H2,1H3. The van der Waals surface area contributed by atoms with Gasteiger partial charge in [0.05, 0.1) is 24.5 Å². The van der Waals surface area contributed by atoms with E-state index < -0.39 is 6.10 Å². The Morgan fingerprint density at radius 1 is 1.33 bits per heavy atom. The van der Waals surface area contributed by atoms with E-state index in [2.05, 4.69) is 9.97 Å². The van der Waals surface area contributed by atoms with Gasteiger partial charge in [0.1, 0.15) is 6.33 Å². The summed E-state index contributed by atoms with van der Waals surface area (Å²) < 4.78 is 16.5. The summed E-state index contributed by atoms with van der Waals surface area (Å²) >= 11 is 0. The van der Waals surface area contributed by atoms with Crippen molar-refractivity contribution in [3.05, 3.63) is 18.1 Å². The minimum Gasteiger partial charge on any atom is -0.481 e. The molecule has 0 saturated carbocycles. The van der Waals surface area contributed by atoms with Crippen LogP contribution in [0.1, 0.15) is 37.5 Å². The Morgan fingerprint density at radius 3 is 2.90 bits per heavy atom. The van der Waals surface area contributed by atoms with Gasteiger partial charge in [-0.2, -0.15) is 0 Å². The summed E-state index contributed by atoms with van der Waals surface area (Å²) in [6.45, 7) is 2.16. The van der Waals surface area contributed by atoms with E-state index in [9.17, 15) is 5.11 Å². The third-order valence-corrected chi connectivity index (χ3v) is 4.56. The van der Waals surface area contributed by atoms with Gasteiger partial charge >= 0.3 is 0 Å². The minimum atomic E-state index is -0.606. The van der Waals surface area contributed by atoms with Gasteiger partial charge in [0, 0.05) is 25.9 Å². The van der Waals surface area contributed by atoms with E-state index in [1.165, 1.54) is 6.33 Å². The van der Waals surface area contributed by atoms with Gasteiger partial charge in [-0.25, -0.2) is 9.97 Å². The van der Waals surface area contributed by atoms with E-state index in [1.54, 1.807) is 13.2 Å². The highest BCUT2D eigenvalue weighted by Gasteiger charge is 2.41. The Balaban J connectivity index is 1.72. The number of rotatable bonds is 3. The summed E-state index contributed by atoms with van der Waals surface area (Å²) in [5.74, 6) is 0.628. The molecule has 1 aromatic heterocycles. The van der Waals surface area contributed by atoms with E-state index in [-0.39, 0.29) is 11.5 Å². The van der Waals surface area contributed by atoms with Crippen molar-refractivity contribution in [3.8, 4) is 5.88 Å². The summed E-state index contributed by atoms with van der Waals surface area (Å²) in [4.78, 5) is 8.17. The van der Waals surface area contributed by atoms with Crippen molar-refractivity contribution in [2.45, 2.75) is 37.4 Å². The lowest BCUT2D eigenvalue weighted by Crippen LogP contribution is -2.45. The van der Waals surface area contributed by atoms with Gasteiger partial charge in [0.25, 0.3) is 0 Å². The van der Waals surface area contributed by atoms with E-state index >= 15 is 0 Å². The first kappa shape index (κ1) is 14.7. The maximum absolute atomic E-state index is 10.6. The molecule has 0 radical (unpaired) electrons. The molecule has 0 amide bonds. The summed E-state index contributed by atoms with van der Waals surface area (Å²) in [6, 6.07) is 1.71. The molecule has 116 valence electrons. The summed E-state index contributed by atoms with van der Waals surface area (Å²) in [5.41, 5.74) is 0.496. The fourth-order valence-corrected chi connectivity index (χ4v) is 3.30. The first-order valence-corrected chi connectivity index (χ1v) is 7.48. The van der Waals surface area contributed by atoms with Crippen LogP contribution in [0, 0.1) is 5.92 Å². The quantitative estimate of drug-likeness (QED) is 0.910. The number of hydrogen-bond acceptors (Lipinski definition) is 6. The zero-order valence-corrected chi connectivity index (χ0v) is 12.3. The number of aliphatic hydroxyl groups excluding tert-OH is 1. The molecule has 2 aliphatic rings. The Labute approximate surface area is 124 Å². The highest BCUT2D eigenvalue weighted by atomic mass is 16.5. The highest BCUT2D eigenvalue weighted by molar-refractivity contribution is 5.16. The van der Waals surface area contributed by atoms with Crippen LogP contribution < -0.4 is 4.74 Å². The van der Waals surface area contributed by atoms with Crippen LogP contribution in [0.5, 0.6) is 5.88 Å². The van der Waals surface area contributed by atoms with Gasteiger partial charge < -0.3 is 19.3 Å². The first-order valence-electron chi connectivity index (χ1n) is 7.48. The zero-order valence-electron chi connectivity index (χ0n) is 12.3. The maximum atomic E-state index is 10.6. The Hall–Kier alpha value is -1.24. The van der Waals surface area contributed by atoms with Gasteiger partial charge in [-0.05, 0) is 31.6 Å². The molecule has 1 aromatic rings. The molecule has 0 bridgehead atoms. The molecular weight excluding hydrogens is 272 g/mol. The SMILES string of the molecule is COc1cc(C(O)C2CCOC3(CCOCC3)C2)ncn1. The Morgan fingerprint density at radius 2 is 2.14 bits per heavy atom. The lowest BCUT2D eigenvalue weighted by molar-refractivity contribution is -0.159. The minimum absolute atomic E-state index is 0.126. The molecule has 2 atom stereocenters. The van der Waals surface area contributed by atoms with Crippen molar-refractivity contribution in [2.75, 3.05) is 26.9 Å². The third kappa shape index (κ3) is 3.17. The predicted octanol–water partition coefficient (Wildman–Crippen LogP) is 1.49. The van der Waals surface area contributed by atoms with E-state index in [4.69, 9.17) is 14.2 Å². The van der Waals surface area contributed by atoms with Gasteiger partial charge in [-0.15, -0.1) is 0 Å². The van der Waals surface area contributed by atoms with Crippen molar-refractivity contribution in [1.29, 1.82) is 0 Å². The van der Waals surface area contributed by atoms with Crippen molar-refractivity contribution in [1.82, 2.24) is 9.97 Å². The number of aliphatic hydroxyl groups is 1. The van der Waals surface area contributed by atoms with E-state index in [0.29, 0.717) is 18.2 Å². The van der Waals surface area contributed by atoms with Gasteiger partial charge in [-0.3, -0.25) is 0 Å². The van der Waals surface area contributed by atoms with Crippen molar-refractivity contribution in [3.63, 3.8) is 0 Å². The molecule has 3 rings (SSSR count). The van der Waals surface area contributed by atoms with Crippen molar-refractivity contribution < 1.29 is 19.3 Å². The number of nitrogens with zero attached hydrogens (tertiary/aromatic N) is 2. The molecule has 2 saturated heterocycles. The van der Waals surface area contributed by atoms with Gasteiger partial charge in [0.2, 0.25) is 5.88 Å². The second-order valence-electron chi connectivity index (χ2n) is 5.83. The Bertz CT molecular complexity index is 471. The predicted molar refractivity (Wildman–Crippen MR) is 75.0 cm³/mol. The summed E-state index contributed by atoms with van der Waals surface area (Å²) in [5, 5.41) is 10.6. The highest BCUT2D eigenvalue weighted by Crippen LogP contribution is 2.41. The molecule has 2 aliphatic heterocycles. The summed E-state index contributed by atoms with van der Waals surface area (Å²) in [6.07, 6.45) is 4.33. The Kier molecular flexibility index (Phi) is 4.37. The third-order valence-electron chi connectivity index (χ3n) is 4.56. The number of ether oxygens (including phenoxy) is 3. The molecule has 2 unspecified atom stereocenters. The lowest BCUT2D eigenvalue weighted by atomic mass is 9.78. The molecule has 3 heterocycles. The maximum Gasteiger partial charge on any atom is 0.216 e. The number of methoxy groups -OCH3 is 1. The van der Waals surface area contributed by atoms with Crippen LogP contribution in [0.4, 0.5) is 0 Å². The molecule has 6 nitrogen and oxygen atoms in total. The molecule has 0 aromatic carbocycles. The zero-order chi connectivity index (χ0) is 14.7. The fraction of sp³-hybridized carbons (Fsp3) is 0.733. The van der Waals surface area contributed by atoms with Crippen LogP contribution in [0.3, 0.4) is 0 Å². The second kappa shape index (κ2) is 6.25. The molecular formula is C15H22N2O4. The first-order chi connectivity index (χ1) is 10.2.